The fourth-order valence-corrected chi connectivity index (χ4v) is 3.23. The summed E-state index contributed by atoms with van der Waals surface area (Å²) in [6, 6.07) is -1.27. The number of urea groups is 1. The number of likely N-dealkylation sites (tertiary alicyclic amines) is 1. The van der Waals surface area contributed by atoms with Gasteiger partial charge >= 0.3 is 18.0 Å². The first-order valence-corrected chi connectivity index (χ1v) is 7.42. The largest absolute Gasteiger partial charge is 0.481 e. The second kappa shape index (κ2) is 6.78. The van der Waals surface area contributed by atoms with Crippen molar-refractivity contribution >= 4 is 18.0 Å². The van der Waals surface area contributed by atoms with Crippen LogP contribution in [0.15, 0.2) is 0 Å². The Kier molecular flexibility index (Phi) is 5.03. The van der Waals surface area contributed by atoms with Crippen LogP contribution in [0.2, 0.25) is 0 Å². The highest BCUT2D eigenvalue weighted by Gasteiger charge is 2.38. The van der Waals surface area contributed by atoms with Gasteiger partial charge in [-0.1, -0.05) is 12.8 Å². The molecular weight excluding hydrogens is 276 g/mol. The summed E-state index contributed by atoms with van der Waals surface area (Å²) in [6.45, 7) is 0.496. The zero-order chi connectivity index (χ0) is 15.4. The highest BCUT2D eigenvalue weighted by Crippen LogP contribution is 2.26. The molecule has 0 spiro atoms. The third-order valence-corrected chi connectivity index (χ3v) is 4.38. The van der Waals surface area contributed by atoms with Crippen molar-refractivity contribution in [2.24, 2.45) is 5.92 Å². The van der Waals surface area contributed by atoms with Crippen molar-refractivity contribution in [2.45, 2.75) is 50.6 Å². The van der Waals surface area contributed by atoms with Crippen LogP contribution in [0.3, 0.4) is 0 Å². The molecule has 118 valence electrons. The van der Waals surface area contributed by atoms with Crippen molar-refractivity contribution in [2.75, 3.05) is 13.7 Å². The lowest BCUT2D eigenvalue weighted by molar-refractivity contribution is -0.145. The maximum Gasteiger partial charge on any atom is 0.328 e. The van der Waals surface area contributed by atoms with Crippen molar-refractivity contribution in [3.63, 3.8) is 0 Å². The Morgan fingerprint density at radius 3 is 2.52 bits per heavy atom. The number of esters is 1. The lowest BCUT2D eigenvalue weighted by Crippen LogP contribution is -2.52. The van der Waals surface area contributed by atoms with E-state index in [0.717, 1.165) is 19.3 Å². The molecule has 0 radical (unpaired) electrons. The molecule has 1 saturated carbocycles. The van der Waals surface area contributed by atoms with Crippen LogP contribution in [0.4, 0.5) is 4.79 Å². The molecule has 0 bridgehead atoms. The number of amides is 2. The van der Waals surface area contributed by atoms with Crippen LogP contribution >= 0.6 is 0 Å². The molecule has 2 fully saturated rings. The number of nitrogens with one attached hydrogen (secondary N) is 1. The minimum atomic E-state index is -0.870. The average Bonchev–Trinajstić information content (AvgIpc) is 2.96. The quantitative estimate of drug-likeness (QED) is 0.757. The highest BCUT2D eigenvalue weighted by atomic mass is 16.5. The number of carboxylic acid groups (broad SMARTS) is 1. The number of ether oxygens (including phenoxy) is 1. The minimum Gasteiger partial charge on any atom is -0.481 e. The number of carbonyl (C=O) groups excluding carboxylic acids is 2. The standard InChI is InChI=1S/C14H22N2O5/c1-21-13(19)11-7-4-8-16(11)14(20)15-10-6-3-2-5-9(10)12(17)18/h9-11H,2-8H2,1H3,(H,15,20)(H,17,18). The maximum absolute atomic E-state index is 12.3. The molecule has 0 aromatic rings. The SMILES string of the molecule is COC(=O)C1CCCN1C(=O)NC1CCCCC1C(=O)O. The van der Waals surface area contributed by atoms with Crippen molar-refractivity contribution < 1.29 is 24.2 Å². The van der Waals surface area contributed by atoms with E-state index < -0.39 is 23.9 Å². The molecule has 21 heavy (non-hydrogen) atoms. The average molecular weight is 298 g/mol. The summed E-state index contributed by atoms with van der Waals surface area (Å²) in [5.74, 6) is -1.83. The fourth-order valence-electron chi connectivity index (χ4n) is 3.23. The van der Waals surface area contributed by atoms with E-state index in [1.165, 1.54) is 12.0 Å². The Labute approximate surface area is 123 Å². The molecule has 0 aromatic heterocycles. The molecule has 1 aliphatic heterocycles. The summed E-state index contributed by atoms with van der Waals surface area (Å²) in [5.41, 5.74) is 0. The van der Waals surface area contributed by atoms with E-state index in [1.807, 2.05) is 0 Å². The number of carbonyl (C=O) groups is 3. The molecule has 0 aromatic carbocycles. The van der Waals surface area contributed by atoms with Gasteiger partial charge in [0.1, 0.15) is 6.04 Å². The number of hydrogen-bond acceptors (Lipinski definition) is 4. The van der Waals surface area contributed by atoms with E-state index in [0.29, 0.717) is 25.8 Å². The highest BCUT2D eigenvalue weighted by molar-refractivity contribution is 5.84. The summed E-state index contributed by atoms with van der Waals surface area (Å²) in [7, 11) is 1.30. The second-order valence-electron chi connectivity index (χ2n) is 5.66. The second-order valence-corrected chi connectivity index (χ2v) is 5.66. The Hall–Kier alpha value is -1.79. The smallest absolute Gasteiger partial charge is 0.328 e. The number of carboxylic acids is 1. The molecule has 7 nitrogen and oxygen atoms in total. The molecule has 2 amide bonds. The number of methoxy groups -OCH3 is 1. The number of aliphatic carboxylic acids is 1. The Morgan fingerprint density at radius 2 is 1.86 bits per heavy atom. The molecule has 2 N–H and O–H groups in total. The molecule has 1 heterocycles. The molecule has 2 aliphatic rings. The summed E-state index contributed by atoms with van der Waals surface area (Å²) in [4.78, 5) is 36.7. The molecule has 1 saturated heterocycles. The summed E-state index contributed by atoms with van der Waals surface area (Å²) >= 11 is 0. The Bertz CT molecular complexity index is 426. The first-order valence-electron chi connectivity index (χ1n) is 7.42. The summed E-state index contributed by atoms with van der Waals surface area (Å²) in [5, 5.41) is 12.0. The predicted molar refractivity (Wildman–Crippen MR) is 73.7 cm³/mol. The minimum absolute atomic E-state index is 0.359. The molecule has 3 unspecified atom stereocenters. The predicted octanol–water partition coefficient (Wildman–Crippen LogP) is 0.977. The lowest BCUT2D eigenvalue weighted by Gasteiger charge is -2.32. The van der Waals surface area contributed by atoms with E-state index in [-0.39, 0.29) is 12.1 Å². The first-order chi connectivity index (χ1) is 10.0. The summed E-state index contributed by atoms with van der Waals surface area (Å²) < 4.78 is 4.71. The normalized spacial score (nSPS) is 29.0. The van der Waals surface area contributed by atoms with Crippen LogP contribution in [0.25, 0.3) is 0 Å². The van der Waals surface area contributed by atoms with Crippen LogP contribution in [0, 0.1) is 5.92 Å². The zero-order valence-corrected chi connectivity index (χ0v) is 12.2. The van der Waals surface area contributed by atoms with Gasteiger partial charge in [-0.3, -0.25) is 4.79 Å². The Balaban J connectivity index is 1.99. The van der Waals surface area contributed by atoms with Crippen LogP contribution in [0.5, 0.6) is 0 Å². The van der Waals surface area contributed by atoms with Crippen molar-refractivity contribution in [1.82, 2.24) is 10.2 Å². The third kappa shape index (κ3) is 3.46. The number of hydrogen-bond donors (Lipinski definition) is 2. The van der Waals surface area contributed by atoms with Gasteiger partial charge in [0.25, 0.3) is 0 Å². The van der Waals surface area contributed by atoms with Crippen LogP contribution in [-0.2, 0) is 14.3 Å². The number of rotatable bonds is 3. The van der Waals surface area contributed by atoms with E-state index in [1.54, 1.807) is 0 Å². The van der Waals surface area contributed by atoms with Gasteiger partial charge in [-0.2, -0.15) is 0 Å². The molecule has 2 rings (SSSR count). The van der Waals surface area contributed by atoms with Crippen LogP contribution in [0.1, 0.15) is 38.5 Å². The van der Waals surface area contributed by atoms with Gasteiger partial charge in [-0.15, -0.1) is 0 Å². The maximum atomic E-state index is 12.3. The monoisotopic (exact) mass is 298 g/mol. The third-order valence-electron chi connectivity index (χ3n) is 4.38. The van der Waals surface area contributed by atoms with Gasteiger partial charge in [0, 0.05) is 12.6 Å². The van der Waals surface area contributed by atoms with Crippen LogP contribution < -0.4 is 5.32 Å². The molecule has 1 aliphatic carbocycles. The van der Waals surface area contributed by atoms with Crippen molar-refractivity contribution in [3.05, 3.63) is 0 Å². The van der Waals surface area contributed by atoms with Crippen molar-refractivity contribution in [3.8, 4) is 0 Å². The van der Waals surface area contributed by atoms with Gasteiger partial charge in [0.2, 0.25) is 0 Å². The zero-order valence-electron chi connectivity index (χ0n) is 12.2. The first kappa shape index (κ1) is 15.6. The van der Waals surface area contributed by atoms with E-state index in [4.69, 9.17) is 4.74 Å². The van der Waals surface area contributed by atoms with E-state index >= 15 is 0 Å². The molecule has 7 heteroatoms. The van der Waals surface area contributed by atoms with Gasteiger partial charge in [0.15, 0.2) is 0 Å². The topological polar surface area (TPSA) is 95.9 Å². The van der Waals surface area contributed by atoms with Crippen LogP contribution in [-0.4, -0.2) is 53.7 Å². The van der Waals surface area contributed by atoms with E-state index in [9.17, 15) is 19.5 Å². The molecule has 3 atom stereocenters. The Morgan fingerprint density at radius 1 is 1.14 bits per heavy atom. The fraction of sp³-hybridized carbons (Fsp3) is 0.786. The van der Waals surface area contributed by atoms with Gasteiger partial charge < -0.3 is 20.1 Å². The molecular formula is C14H22N2O5. The van der Waals surface area contributed by atoms with Gasteiger partial charge in [-0.25, -0.2) is 9.59 Å². The van der Waals surface area contributed by atoms with Crippen molar-refractivity contribution in [1.29, 1.82) is 0 Å². The summed E-state index contributed by atoms with van der Waals surface area (Å²) in [6.07, 6.45) is 4.38. The lowest BCUT2D eigenvalue weighted by atomic mass is 9.84. The van der Waals surface area contributed by atoms with E-state index in [2.05, 4.69) is 5.32 Å². The number of nitrogens with zero attached hydrogens (tertiary/aromatic N) is 1. The van der Waals surface area contributed by atoms with Gasteiger partial charge in [0.05, 0.1) is 13.0 Å². The van der Waals surface area contributed by atoms with Gasteiger partial charge in [-0.05, 0) is 25.7 Å².